The van der Waals surface area contributed by atoms with Gasteiger partial charge >= 0.3 is 0 Å². The topological polar surface area (TPSA) is 0 Å². The second-order valence-electron chi connectivity index (χ2n) is 9.03. The number of halogens is 3. The molecule has 0 amide bonds. The Morgan fingerprint density at radius 3 is 1.89 bits per heavy atom. The molecule has 2 fully saturated rings. The molecule has 0 aliphatic heterocycles. The molecule has 0 N–H and O–H groups in total. The average Bonchev–Trinajstić information content (AvgIpc) is 2.72. The van der Waals surface area contributed by atoms with Gasteiger partial charge in [0.2, 0.25) is 0 Å². The van der Waals surface area contributed by atoms with Crippen LogP contribution in [0, 0.1) is 35.2 Å². The predicted octanol–water partition coefficient (Wildman–Crippen LogP) is 8.32. The molecule has 0 nitrogen and oxygen atoms in total. The van der Waals surface area contributed by atoms with Crippen molar-refractivity contribution in [1.29, 1.82) is 0 Å². The van der Waals surface area contributed by atoms with Gasteiger partial charge in [0.25, 0.3) is 0 Å². The lowest BCUT2D eigenvalue weighted by Crippen LogP contribution is -2.25. The summed E-state index contributed by atoms with van der Waals surface area (Å²) in [5, 5.41) is 0. The minimum absolute atomic E-state index is 0.173. The summed E-state index contributed by atoms with van der Waals surface area (Å²) < 4.78 is 40.3. The van der Waals surface area contributed by atoms with Gasteiger partial charge in [-0.25, -0.2) is 13.2 Å². The van der Waals surface area contributed by atoms with Crippen LogP contribution in [0.2, 0.25) is 0 Å². The van der Waals surface area contributed by atoms with Crippen LogP contribution in [-0.4, -0.2) is 0 Å². The van der Waals surface area contributed by atoms with Crippen LogP contribution in [0.5, 0.6) is 0 Å². The molecule has 2 aliphatic rings. The first kappa shape index (κ1) is 21.5. The van der Waals surface area contributed by atoms with Gasteiger partial charge in [0, 0.05) is 0 Å². The maximum absolute atomic E-state index is 13.5. The minimum Gasteiger partial charge on any atom is -0.204 e. The molecule has 3 heteroatoms. The molecule has 0 unspecified atom stereocenters. The molecule has 0 aromatic heterocycles. The number of hydrogen-bond donors (Lipinski definition) is 0. The Kier molecular flexibility index (Phi) is 8.05. The predicted molar refractivity (Wildman–Crippen MR) is 110 cm³/mol. The second kappa shape index (κ2) is 10.5. The summed E-state index contributed by atoms with van der Waals surface area (Å²) in [4.78, 5) is 0. The van der Waals surface area contributed by atoms with E-state index < -0.39 is 17.5 Å². The SMILES string of the molecule is CCC/C=C/CC[C@H]1CC[C@H]([C@H]2CC[C@H](c3cc(F)c(F)c(F)c3)CC2)CC1. The minimum atomic E-state index is -1.35. The number of rotatable bonds is 7. The van der Waals surface area contributed by atoms with Crippen LogP contribution < -0.4 is 0 Å². The number of unbranched alkanes of at least 4 members (excludes halogenated alkanes) is 1. The van der Waals surface area contributed by atoms with Crippen LogP contribution in [0.15, 0.2) is 24.3 Å². The Labute approximate surface area is 168 Å². The van der Waals surface area contributed by atoms with E-state index in [-0.39, 0.29) is 5.92 Å². The Balaban J connectivity index is 1.41. The lowest BCUT2D eigenvalue weighted by atomic mass is 9.68. The van der Waals surface area contributed by atoms with Crippen LogP contribution in [0.4, 0.5) is 13.2 Å². The van der Waals surface area contributed by atoms with E-state index in [9.17, 15) is 13.2 Å². The summed E-state index contributed by atoms with van der Waals surface area (Å²) in [5.41, 5.74) is 0.634. The van der Waals surface area contributed by atoms with Crippen LogP contribution in [-0.2, 0) is 0 Å². The molecule has 1 aromatic carbocycles. The largest absolute Gasteiger partial charge is 0.204 e. The van der Waals surface area contributed by atoms with Crippen LogP contribution in [0.1, 0.15) is 95.5 Å². The van der Waals surface area contributed by atoms with Crippen molar-refractivity contribution in [2.24, 2.45) is 17.8 Å². The van der Waals surface area contributed by atoms with Crippen molar-refractivity contribution in [3.8, 4) is 0 Å². The van der Waals surface area contributed by atoms with Gasteiger partial charge in [0.1, 0.15) is 0 Å². The summed E-state index contributed by atoms with van der Waals surface area (Å²) in [7, 11) is 0. The molecular weight excluding hydrogens is 357 g/mol. The zero-order valence-electron chi connectivity index (χ0n) is 17.2. The van der Waals surface area contributed by atoms with Gasteiger partial charge in [0.15, 0.2) is 17.5 Å². The first-order chi connectivity index (χ1) is 13.6. The van der Waals surface area contributed by atoms with Crippen molar-refractivity contribution in [1.82, 2.24) is 0 Å². The molecule has 0 saturated heterocycles. The van der Waals surface area contributed by atoms with Crippen molar-refractivity contribution >= 4 is 0 Å². The molecule has 0 heterocycles. The highest BCUT2D eigenvalue weighted by Gasteiger charge is 2.31. The second-order valence-corrected chi connectivity index (χ2v) is 9.03. The van der Waals surface area contributed by atoms with Gasteiger partial charge in [0.05, 0.1) is 0 Å². The third-order valence-corrected chi connectivity index (χ3v) is 7.17. The van der Waals surface area contributed by atoms with E-state index >= 15 is 0 Å². The fourth-order valence-electron chi connectivity index (χ4n) is 5.42. The maximum atomic E-state index is 13.5. The smallest absolute Gasteiger partial charge is 0.194 e. The summed E-state index contributed by atoms with van der Waals surface area (Å²) >= 11 is 0. The first-order valence-corrected chi connectivity index (χ1v) is 11.4. The van der Waals surface area contributed by atoms with Gasteiger partial charge in [-0.15, -0.1) is 0 Å². The number of hydrogen-bond acceptors (Lipinski definition) is 0. The van der Waals surface area contributed by atoms with Crippen LogP contribution in [0.3, 0.4) is 0 Å². The fourth-order valence-corrected chi connectivity index (χ4v) is 5.42. The van der Waals surface area contributed by atoms with Gasteiger partial charge in [-0.3, -0.25) is 0 Å². The average molecular weight is 393 g/mol. The van der Waals surface area contributed by atoms with Gasteiger partial charge in [-0.1, -0.05) is 38.3 Å². The lowest BCUT2D eigenvalue weighted by molar-refractivity contribution is 0.157. The van der Waals surface area contributed by atoms with Crippen LogP contribution in [0.25, 0.3) is 0 Å². The van der Waals surface area contributed by atoms with Crippen molar-refractivity contribution < 1.29 is 13.2 Å². The molecule has 2 saturated carbocycles. The first-order valence-electron chi connectivity index (χ1n) is 11.4. The molecule has 3 rings (SSSR count). The zero-order chi connectivity index (χ0) is 19.9. The van der Waals surface area contributed by atoms with Gasteiger partial charge in [-0.2, -0.15) is 0 Å². The summed E-state index contributed by atoms with van der Waals surface area (Å²) in [6, 6.07) is 2.40. The monoisotopic (exact) mass is 392 g/mol. The van der Waals surface area contributed by atoms with E-state index in [0.29, 0.717) is 5.56 Å². The quantitative estimate of drug-likeness (QED) is 0.323. The van der Waals surface area contributed by atoms with Crippen LogP contribution >= 0.6 is 0 Å². The Hall–Kier alpha value is -1.25. The molecule has 2 aliphatic carbocycles. The fraction of sp³-hybridized carbons (Fsp3) is 0.680. The van der Waals surface area contributed by atoms with Crippen molar-refractivity contribution in [3.63, 3.8) is 0 Å². The normalized spacial score (nSPS) is 28.7. The molecule has 0 atom stereocenters. The molecular formula is C25H35F3. The lowest BCUT2D eigenvalue weighted by Gasteiger charge is -2.38. The molecule has 156 valence electrons. The van der Waals surface area contributed by atoms with E-state index in [4.69, 9.17) is 0 Å². The van der Waals surface area contributed by atoms with Gasteiger partial charge in [-0.05, 0) is 99.2 Å². The highest BCUT2D eigenvalue weighted by atomic mass is 19.2. The molecule has 0 bridgehead atoms. The molecule has 0 radical (unpaired) electrons. The summed E-state index contributed by atoms with van der Waals surface area (Å²) in [6.45, 7) is 2.22. The van der Waals surface area contributed by atoms with Crippen molar-refractivity contribution in [2.75, 3.05) is 0 Å². The number of benzene rings is 1. The Morgan fingerprint density at radius 1 is 0.786 bits per heavy atom. The Bertz CT molecular complexity index is 612. The maximum Gasteiger partial charge on any atom is 0.194 e. The van der Waals surface area contributed by atoms with E-state index in [0.717, 1.165) is 43.4 Å². The third kappa shape index (κ3) is 5.64. The van der Waals surface area contributed by atoms with E-state index in [1.165, 1.54) is 63.5 Å². The highest BCUT2D eigenvalue weighted by Crippen LogP contribution is 2.44. The highest BCUT2D eigenvalue weighted by molar-refractivity contribution is 5.23. The molecule has 1 aromatic rings. The van der Waals surface area contributed by atoms with E-state index in [1.807, 2.05) is 0 Å². The molecule has 28 heavy (non-hydrogen) atoms. The van der Waals surface area contributed by atoms with Crippen molar-refractivity contribution in [3.05, 3.63) is 47.3 Å². The Morgan fingerprint density at radius 2 is 1.32 bits per heavy atom. The van der Waals surface area contributed by atoms with Crippen molar-refractivity contribution in [2.45, 2.75) is 89.9 Å². The van der Waals surface area contributed by atoms with E-state index in [2.05, 4.69) is 19.1 Å². The standard InChI is InChI=1S/C25H35F3/c1-2-3-4-5-6-7-18-8-10-19(11-9-18)20-12-14-21(15-13-20)22-16-23(26)25(28)24(27)17-22/h4-5,16-21H,2-3,6-15H2,1H3/b5-4+/t18-,19-,20-,21-. The third-order valence-electron chi connectivity index (χ3n) is 7.17. The van der Waals surface area contributed by atoms with Gasteiger partial charge < -0.3 is 0 Å². The molecule has 0 spiro atoms. The summed E-state index contributed by atoms with van der Waals surface area (Å²) in [5.74, 6) is -0.808. The zero-order valence-corrected chi connectivity index (χ0v) is 17.2. The van der Waals surface area contributed by atoms with E-state index in [1.54, 1.807) is 0 Å². The summed E-state index contributed by atoms with van der Waals surface area (Å²) in [6.07, 6.45) is 19.3. The number of allylic oxidation sites excluding steroid dienone is 2.